The average molecular weight is 374 g/mol. The standard InChI is InChI=1S/C19H25F3O4/c1-2-3-4-5-6-16(19(20,21)22)26-18(25)13-7-9-14-12(11-13)8-10-15(23)17(14)24/h7,9,11,15-17,23-24H,2-6,8,10H2,1H3. The minimum Gasteiger partial charge on any atom is -0.449 e. The van der Waals surface area contributed by atoms with Crippen molar-refractivity contribution in [1.29, 1.82) is 0 Å². The van der Waals surface area contributed by atoms with Crippen molar-refractivity contribution < 1.29 is 32.9 Å². The van der Waals surface area contributed by atoms with E-state index >= 15 is 0 Å². The molecule has 0 amide bonds. The maximum absolute atomic E-state index is 13.1. The second-order valence-electron chi connectivity index (χ2n) is 6.75. The first-order valence-electron chi connectivity index (χ1n) is 9.00. The fraction of sp³-hybridized carbons (Fsp3) is 0.632. The predicted octanol–water partition coefficient (Wildman–Crippen LogP) is 4.09. The van der Waals surface area contributed by atoms with E-state index in [-0.39, 0.29) is 12.0 Å². The average Bonchev–Trinajstić information content (AvgIpc) is 2.59. The molecule has 0 radical (unpaired) electrons. The molecule has 1 aromatic rings. The minimum atomic E-state index is -4.60. The fourth-order valence-corrected chi connectivity index (χ4v) is 3.15. The number of esters is 1. The van der Waals surface area contributed by atoms with Crippen LogP contribution in [0.15, 0.2) is 18.2 Å². The van der Waals surface area contributed by atoms with Gasteiger partial charge in [-0.15, -0.1) is 0 Å². The van der Waals surface area contributed by atoms with Crippen molar-refractivity contribution in [3.05, 3.63) is 34.9 Å². The molecule has 0 fully saturated rings. The van der Waals surface area contributed by atoms with Gasteiger partial charge in [0.25, 0.3) is 0 Å². The van der Waals surface area contributed by atoms with E-state index < -0.39 is 30.5 Å². The van der Waals surface area contributed by atoms with Crippen molar-refractivity contribution in [1.82, 2.24) is 0 Å². The molecular formula is C19H25F3O4. The smallest absolute Gasteiger partial charge is 0.425 e. The second-order valence-corrected chi connectivity index (χ2v) is 6.75. The summed E-state index contributed by atoms with van der Waals surface area (Å²) in [5.41, 5.74) is 1.16. The van der Waals surface area contributed by atoms with Gasteiger partial charge in [0.15, 0.2) is 6.10 Å². The van der Waals surface area contributed by atoms with Crippen molar-refractivity contribution >= 4 is 5.97 Å². The van der Waals surface area contributed by atoms with Crippen molar-refractivity contribution in [2.24, 2.45) is 0 Å². The van der Waals surface area contributed by atoms with Crippen molar-refractivity contribution in [3.8, 4) is 0 Å². The lowest BCUT2D eigenvalue weighted by molar-refractivity contribution is -0.206. The van der Waals surface area contributed by atoms with Crippen molar-refractivity contribution in [3.63, 3.8) is 0 Å². The highest BCUT2D eigenvalue weighted by Crippen LogP contribution is 2.32. The van der Waals surface area contributed by atoms with E-state index in [4.69, 9.17) is 4.74 Å². The predicted molar refractivity (Wildman–Crippen MR) is 89.7 cm³/mol. The van der Waals surface area contributed by atoms with Crippen LogP contribution in [0.3, 0.4) is 0 Å². The summed E-state index contributed by atoms with van der Waals surface area (Å²) in [6.45, 7) is 1.97. The monoisotopic (exact) mass is 374 g/mol. The van der Waals surface area contributed by atoms with Crippen LogP contribution in [0.2, 0.25) is 0 Å². The van der Waals surface area contributed by atoms with Crippen LogP contribution in [0.25, 0.3) is 0 Å². The number of ether oxygens (including phenoxy) is 1. The van der Waals surface area contributed by atoms with Gasteiger partial charge in [-0.2, -0.15) is 13.2 Å². The van der Waals surface area contributed by atoms with Gasteiger partial charge in [-0.05, 0) is 48.9 Å². The van der Waals surface area contributed by atoms with E-state index in [1.54, 1.807) is 0 Å². The number of hydrogen-bond acceptors (Lipinski definition) is 4. The number of carbonyl (C=O) groups is 1. The molecule has 146 valence electrons. The number of benzene rings is 1. The van der Waals surface area contributed by atoms with Crippen LogP contribution >= 0.6 is 0 Å². The number of aliphatic hydroxyl groups excluding tert-OH is 2. The first kappa shape index (κ1) is 20.7. The number of hydrogen-bond donors (Lipinski definition) is 2. The molecule has 0 heterocycles. The number of rotatable bonds is 7. The molecule has 2 N–H and O–H groups in total. The maximum atomic E-state index is 13.1. The summed E-state index contributed by atoms with van der Waals surface area (Å²) in [6.07, 6.45) is -5.35. The molecule has 0 saturated heterocycles. The molecule has 1 aliphatic rings. The summed E-state index contributed by atoms with van der Waals surface area (Å²) >= 11 is 0. The molecule has 2 rings (SSSR count). The lowest BCUT2D eigenvalue weighted by Gasteiger charge is -2.27. The van der Waals surface area contributed by atoms with E-state index in [1.807, 2.05) is 6.92 Å². The van der Waals surface area contributed by atoms with Crippen LogP contribution in [0.1, 0.15) is 73.0 Å². The van der Waals surface area contributed by atoms with Crippen LogP contribution in [-0.2, 0) is 11.2 Å². The molecule has 0 bridgehead atoms. The van der Waals surface area contributed by atoms with Crippen molar-refractivity contribution in [2.45, 2.75) is 76.4 Å². The van der Waals surface area contributed by atoms with Crippen LogP contribution in [0.4, 0.5) is 13.2 Å². The zero-order valence-electron chi connectivity index (χ0n) is 14.8. The lowest BCUT2D eigenvalue weighted by atomic mass is 9.86. The summed E-state index contributed by atoms with van der Waals surface area (Å²) < 4.78 is 44.1. The van der Waals surface area contributed by atoms with Crippen LogP contribution < -0.4 is 0 Å². The largest absolute Gasteiger partial charge is 0.449 e. The Balaban J connectivity index is 2.07. The van der Waals surface area contributed by atoms with Gasteiger partial charge in [-0.3, -0.25) is 0 Å². The molecule has 3 atom stereocenters. The van der Waals surface area contributed by atoms with Crippen molar-refractivity contribution in [2.75, 3.05) is 0 Å². The molecule has 0 aliphatic heterocycles. The van der Waals surface area contributed by atoms with E-state index in [2.05, 4.69) is 0 Å². The third-order valence-corrected chi connectivity index (χ3v) is 4.71. The molecule has 1 aliphatic carbocycles. The number of aryl methyl sites for hydroxylation is 1. The third kappa shape index (κ3) is 5.20. The molecule has 3 unspecified atom stereocenters. The van der Waals surface area contributed by atoms with Gasteiger partial charge in [0.1, 0.15) is 6.10 Å². The van der Waals surface area contributed by atoms with Crippen LogP contribution in [0, 0.1) is 0 Å². The van der Waals surface area contributed by atoms with Gasteiger partial charge >= 0.3 is 12.1 Å². The number of carbonyl (C=O) groups excluding carboxylic acids is 1. The van der Waals surface area contributed by atoms with E-state index in [0.29, 0.717) is 36.8 Å². The topological polar surface area (TPSA) is 66.8 Å². The third-order valence-electron chi connectivity index (χ3n) is 4.71. The number of unbranched alkanes of at least 4 members (excludes halogenated alkanes) is 3. The van der Waals surface area contributed by atoms with E-state index in [9.17, 15) is 28.2 Å². The number of alkyl halides is 3. The van der Waals surface area contributed by atoms with Gasteiger partial charge in [0.2, 0.25) is 0 Å². The Morgan fingerprint density at radius 3 is 2.65 bits per heavy atom. The molecular weight excluding hydrogens is 349 g/mol. The second kappa shape index (κ2) is 8.86. The highest BCUT2D eigenvalue weighted by Gasteiger charge is 2.42. The summed E-state index contributed by atoms with van der Waals surface area (Å²) in [5.74, 6) is -1.02. The van der Waals surface area contributed by atoms with E-state index in [0.717, 1.165) is 12.8 Å². The lowest BCUT2D eigenvalue weighted by Crippen LogP contribution is -2.34. The molecule has 26 heavy (non-hydrogen) atoms. The Morgan fingerprint density at radius 1 is 1.27 bits per heavy atom. The Labute approximate surface area is 151 Å². The number of fused-ring (bicyclic) bond motifs is 1. The SMILES string of the molecule is CCCCCCC(OC(=O)c1ccc2c(c1)CCC(O)C2O)C(F)(F)F. The van der Waals surface area contributed by atoms with Crippen LogP contribution in [-0.4, -0.2) is 34.6 Å². The first-order chi connectivity index (χ1) is 12.2. The normalized spacial score (nSPS) is 21.2. The number of halogens is 3. The van der Waals surface area contributed by atoms with Gasteiger partial charge in [0.05, 0.1) is 11.7 Å². The van der Waals surface area contributed by atoms with Gasteiger partial charge in [-0.25, -0.2) is 4.79 Å². The van der Waals surface area contributed by atoms with Gasteiger partial charge < -0.3 is 14.9 Å². The van der Waals surface area contributed by atoms with Crippen LogP contribution in [0.5, 0.6) is 0 Å². The molecule has 4 nitrogen and oxygen atoms in total. The first-order valence-corrected chi connectivity index (χ1v) is 9.00. The quantitative estimate of drug-likeness (QED) is 0.557. The Morgan fingerprint density at radius 2 is 2.00 bits per heavy atom. The highest BCUT2D eigenvalue weighted by molar-refractivity contribution is 5.90. The highest BCUT2D eigenvalue weighted by atomic mass is 19.4. The summed E-state index contributed by atoms with van der Waals surface area (Å²) in [4.78, 5) is 12.2. The molecule has 0 aromatic heterocycles. The molecule has 7 heteroatoms. The number of aliphatic hydroxyl groups is 2. The molecule has 1 aromatic carbocycles. The van der Waals surface area contributed by atoms with Gasteiger partial charge in [-0.1, -0.05) is 32.3 Å². The zero-order chi connectivity index (χ0) is 19.3. The zero-order valence-corrected chi connectivity index (χ0v) is 14.8. The van der Waals surface area contributed by atoms with Gasteiger partial charge in [0, 0.05) is 0 Å². The fourth-order valence-electron chi connectivity index (χ4n) is 3.15. The molecule has 0 spiro atoms. The summed E-state index contributed by atoms with van der Waals surface area (Å²) in [7, 11) is 0. The Kier molecular flexibility index (Phi) is 7.06. The maximum Gasteiger partial charge on any atom is 0.425 e. The minimum absolute atomic E-state index is 0.0233. The summed E-state index contributed by atoms with van der Waals surface area (Å²) in [6, 6.07) is 4.23. The Bertz CT molecular complexity index is 615. The Hall–Kier alpha value is -1.60. The van der Waals surface area contributed by atoms with E-state index in [1.165, 1.54) is 18.2 Å². The summed E-state index contributed by atoms with van der Waals surface area (Å²) in [5, 5.41) is 19.6. The molecule has 0 saturated carbocycles.